The Morgan fingerprint density at radius 1 is 0.762 bits per heavy atom. The number of hydrogen-bond acceptors (Lipinski definition) is 2. The molecule has 0 aliphatic carbocycles. The highest BCUT2D eigenvalue weighted by molar-refractivity contribution is 5.44. The summed E-state index contributed by atoms with van der Waals surface area (Å²) < 4.78 is 0. The molecule has 0 saturated carbocycles. The molecule has 1 aromatic heterocycles. The zero-order valence-electron chi connectivity index (χ0n) is 11.9. The highest BCUT2D eigenvalue weighted by atomic mass is 16.3. The number of rotatable bonds is 3. The standard InChI is InChI=1S/C19H17NO/c1-15-12-13-18(20-14-15)19(21,16-8-4-2-5-9-16)17-10-6-3-7-11-17/h2-14,21H,1H3. The van der Waals surface area contributed by atoms with Crippen molar-refractivity contribution in [1.29, 1.82) is 0 Å². The summed E-state index contributed by atoms with van der Waals surface area (Å²) in [5, 5.41) is 11.5. The molecule has 3 rings (SSSR count). The van der Waals surface area contributed by atoms with Crippen LogP contribution in [0.4, 0.5) is 0 Å². The molecule has 3 aromatic rings. The van der Waals surface area contributed by atoms with Crippen molar-refractivity contribution < 1.29 is 5.11 Å². The molecule has 0 aliphatic heterocycles. The quantitative estimate of drug-likeness (QED) is 0.791. The number of hydrogen-bond donors (Lipinski definition) is 1. The van der Waals surface area contributed by atoms with E-state index < -0.39 is 5.60 Å². The van der Waals surface area contributed by atoms with Crippen LogP contribution in [0.2, 0.25) is 0 Å². The third-order valence-electron chi connectivity index (χ3n) is 3.67. The van der Waals surface area contributed by atoms with Crippen molar-refractivity contribution in [2.45, 2.75) is 12.5 Å². The molecule has 0 spiro atoms. The van der Waals surface area contributed by atoms with Gasteiger partial charge in [0.1, 0.15) is 0 Å². The van der Waals surface area contributed by atoms with E-state index in [4.69, 9.17) is 0 Å². The average molecular weight is 275 g/mol. The molecular weight excluding hydrogens is 258 g/mol. The Morgan fingerprint density at radius 2 is 1.29 bits per heavy atom. The van der Waals surface area contributed by atoms with Crippen LogP contribution in [-0.2, 0) is 5.60 Å². The van der Waals surface area contributed by atoms with E-state index in [1.54, 1.807) is 6.20 Å². The normalized spacial score (nSPS) is 11.3. The van der Waals surface area contributed by atoms with Gasteiger partial charge >= 0.3 is 0 Å². The van der Waals surface area contributed by atoms with Gasteiger partial charge in [-0.2, -0.15) is 0 Å². The van der Waals surface area contributed by atoms with E-state index in [1.165, 1.54) is 0 Å². The van der Waals surface area contributed by atoms with Crippen molar-refractivity contribution in [1.82, 2.24) is 4.98 Å². The van der Waals surface area contributed by atoms with Gasteiger partial charge in [-0.25, -0.2) is 0 Å². The monoisotopic (exact) mass is 275 g/mol. The summed E-state index contributed by atoms with van der Waals surface area (Å²) in [4.78, 5) is 4.45. The van der Waals surface area contributed by atoms with Crippen LogP contribution in [0, 0.1) is 6.92 Å². The van der Waals surface area contributed by atoms with Gasteiger partial charge in [0.05, 0.1) is 5.69 Å². The summed E-state index contributed by atoms with van der Waals surface area (Å²) in [6.45, 7) is 1.99. The topological polar surface area (TPSA) is 33.1 Å². The second-order valence-corrected chi connectivity index (χ2v) is 5.16. The summed E-state index contributed by atoms with van der Waals surface area (Å²) in [7, 11) is 0. The van der Waals surface area contributed by atoms with E-state index in [2.05, 4.69) is 4.98 Å². The molecule has 0 saturated heterocycles. The first-order valence-electron chi connectivity index (χ1n) is 6.98. The maximum absolute atomic E-state index is 11.5. The van der Waals surface area contributed by atoms with Gasteiger partial charge < -0.3 is 5.11 Å². The average Bonchev–Trinajstić information content (AvgIpc) is 2.56. The zero-order valence-corrected chi connectivity index (χ0v) is 11.9. The van der Waals surface area contributed by atoms with E-state index >= 15 is 0 Å². The van der Waals surface area contributed by atoms with Crippen molar-refractivity contribution in [3.05, 3.63) is 101 Å². The molecule has 2 aromatic carbocycles. The van der Waals surface area contributed by atoms with Crippen molar-refractivity contribution in [3.8, 4) is 0 Å². The first-order chi connectivity index (χ1) is 10.2. The lowest BCUT2D eigenvalue weighted by Gasteiger charge is -2.29. The summed E-state index contributed by atoms with van der Waals surface area (Å²) in [6, 6.07) is 23.2. The molecule has 104 valence electrons. The first-order valence-corrected chi connectivity index (χ1v) is 6.98. The molecule has 0 fully saturated rings. The fourth-order valence-electron chi connectivity index (χ4n) is 2.50. The number of benzene rings is 2. The molecule has 0 aliphatic rings. The van der Waals surface area contributed by atoms with Crippen LogP contribution in [-0.4, -0.2) is 10.1 Å². The van der Waals surface area contributed by atoms with E-state index in [-0.39, 0.29) is 0 Å². The molecule has 0 unspecified atom stereocenters. The Labute approximate surface area is 124 Å². The maximum Gasteiger partial charge on any atom is 0.157 e. The highest BCUT2D eigenvalue weighted by Gasteiger charge is 2.34. The Balaban J connectivity index is 2.23. The van der Waals surface area contributed by atoms with Gasteiger partial charge in [-0.15, -0.1) is 0 Å². The predicted molar refractivity (Wildman–Crippen MR) is 84.0 cm³/mol. The minimum Gasteiger partial charge on any atom is -0.374 e. The van der Waals surface area contributed by atoms with Crippen LogP contribution in [0.15, 0.2) is 79.0 Å². The molecule has 0 atom stereocenters. The second-order valence-electron chi connectivity index (χ2n) is 5.16. The summed E-state index contributed by atoms with van der Waals surface area (Å²) in [5.74, 6) is 0. The van der Waals surface area contributed by atoms with Crippen LogP contribution >= 0.6 is 0 Å². The van der Waals surface area contributed by atoms with Gasteiger partial charge in [-0.1, -0.05) is 66.7 Å². The number of aryl methyl sites for hydroxylation is 1. The Morgan fingerprint density at radius 3 is 1.71 bits per heavy atom. The van der Waals surface area contributed by atoms with Gasteiger partial charge in [0.25, 0.3) is 0 Å². The third kappa shape index (κ3) is 2.46. The largest absolute Gasteiger partial charge is 0.374 e. The minimum absolute atomic E-state index is 0.630. The molecule has 1 N–H and O–H groups in total. The number of aromatic nitrogens is 1. The van der Waals surface area contributed by atoms with E-state index in [1.807, 2.05) is 79.7 Å². The fourth-order valence-corrected chi connectivity index (χ4v) is 2.50. The maximum atomic E-state index is 11.5. The van der Waals surface area contributed by atoms with E-state index in [9.17, 15) is 5.11 Å². The zero-order chi connectivity index (χ0) is 14.7. The molecule has 2 heteroatoms. The molecule has 0 radical (unpaired) electrons. The van der Waals surface area contributed by atoms with Crippen molar-refractivity contribution in [2.75, 3.05) is 0 Å². The fraction of sp³-hybridized carbons (Fsp3) is 0.105. The number of aliphatic hydroxyl groups is 1. The molecule has 0 amide bonds. The number of pyridine rings is 1. The van der Waals surface area contributed by atoms with Gasteiger partial charge in [-0.05, 0) is 29.7 Å². The SMILES string of the molecule is Cc1ccc(C(O)(c2ccccc2)c2ccccc2)nc1. The van der Waals surface area contributed by atoms with Crippen molar-refractivity contribution in [2.24, 2.45) is 0 Å². The molecule has 21 heavy (non-hydrogen) atoms. The molecule has 2 nitrogen and oxygen atoms in total. The molecular formula is C19H17NO. The van der Waals surface area contributed by atoms with Gasteiger partial charge in [0.2, 0.25) is 0 Å². The molecule has 0 bridgehead atoms. The summed E-state index contributed by atoms with van der Waals surface area (Å²) in [5.41, 5.74) is 2.09. The Bertz CT molecular complexity index is 666. The third-order valence-corrected chi connectivity index (χ3v) is 3.67. The highest BCUT2D eigenvalue weighted by Crippen LogP contribution is 2.35. The Kier molecular flexibility index (Phi) is 3.55. The Hall–Kier alpha value is -2.45. The summed E-state index contributed by atoms with van der Waals surface area (Å²) >= 11 is 0. The van der Waals surface area contributed by atoms with Crippen LogP contribution in [0.5, 0.6) is 0 Å². The van der Waals surface area contributed by atoms with E-state index in [0.717, 1.165) is 16.7 Å². The van der Waals surface area contributed by atoms with Gasteiger partial charge in [0.15, 0.2) is 5.60 Å². The predicted octanol–water partition coefficient (Wildman–Crippen LogP) is 3.67. The van der Waals surface area contributed by atoms with Crippen LogP contribution in [0.1, 0.15) is 22.4 Å². The lowest BCUT2D eigenvalue weighted by atomic mass is 9.83. The van der Waals surface area contributed by atoms with Crippen LogP contribution in [0.3, 0.4) is 0 Å². The number of nitrogens with zero attached hydrogens (tertiary/aromatic N) is 1. The lowest BCUT2D eigenvalue weighted by Crippen LogP contribution is -2.29. The van der Waals surface area contributed by atoms with E-state index in [0.29, 0.717) is 5.69 Å². The summed E-state index contributed by atoms with van der Waals surface area (Å²) in [6.07, 6.45) is 1.78. The minimum atomic E-state index is -1.24. The van der Waals surface area contributed by atoms with Gasteiger partial charge in [-0.3, -0.25) is 4.98 Å². The van der Waals surface area contributed by atoms with Crippen LogP contribution < -0.4 is 0 Å². The van der Waals surface area contributed by atoms with Crippen LogP contribution in [0.25, 0.3) is 0 Å². The first kappa shape index (κ1) is 13.5. The van der Waals surface area contributed by atoms with Gasteiger partial charge in [0, 0.05) is 6.20 Å². The van der Waals surface area contributed by atoms with Crippen molar-refractivity contribution >= 4 is 0 Å². The molecule has 1 heterocycles. The smallest absolute Gasteiger partial charge is 0.157 e. The second kappa shape index (κ2) is 5.51. The lowest BCUT2D eigenvalue weighted by molar-refractivity contribution is 0.121. The van der Waals surface area contributed by atoms with Crippen molar-refractivity contribution in [3.63, 3.8) is 0 Å².